The normalized spacial score (nSPS) is 15.3. The minimum Gasteiger partial charge on any atom is -0.480 e. The Labute approximate surface area is 130 Å². The first-order valence-corrected chi connectivity index (χ1v) is 7.77. The van der Waals surface area contributed by atoms with Gasteiger partial charge in [0.25, 0.3) is 0 Å². The predicted octanol–water partition coefficient (Wildman–Crippen LogP) is 2.00. The Morgan fingerprint density at radius 3 is 2.95 bits per heavy atom. The molecule has 1 atom stereocenters. The first-order chi connectivity index (χ1) is 10.7. The highest BCUT2D eigenvalue weighted by Crippen LogP contribution is 2.24. The Hall–Kier alpha value is -2.14. The van der Waals surface area contributed by atoms with E-state index in [2.05, 4.69) is 28.6 Å². The van der Waals surface area contributed by atoms with Crippen molar-refractivity contribution in [3.05, 3.63) is 53.3 Å². The van der Waals surface area contributed by atoms with Crippen LogP contribution in [-0.4, -0.2) is 26.9 Å². The number of rotatable bonds is 6. The molecule has 0 fully saturated rings. The van der Waals surface area contributed by atoms with Crippen LogP contribution in [0.5, 0.6) is 0 Å². The molecule has 2 N–H and O–H groups in total. The van der Waals surface area contributed by atoms with Crippen molar-refractivity contribution in [2.45, 2.75) is 44.8 Å². The number of benzene rings is 1. The van der Waals surface area contributed by atoms with Crippen molar-refractivity contribution < 1.29 is 9.90 Å². The van der Waals surface area contributed by atoms with Gasteiger partial charge in [0.1, 0.15) is 6.04 Å². The van der Waals surface area contributed by atoms with Crippen LogP contribution in [-0.2, 0) is 30.7 Å². The number of hydrogen-bond acceptors (Lipinski definition) is 3. The van der Waals surface area contributed by atoms with Crippen LogP contribution in [0.25, 0.3) is 0 Å². The molecule has 1 aromatic carbocycles. The van der Waals surface area contributed by atoms with Gasteiger partial charge in [-0.3, -0.25) is 14.8 Å². The van der Waals surface area contributed by atoms with E-state index in [1.165, 1.54) is 29.5 Å². The molecule has 1 aliphatic rings. The highest BCUT2D eigenvalue weighted by atomic mass is 16.4. The molecule has 5 heteroatoms. The molecule has 0 saturated carbocycles. The molecule has 1 aromatic heterocycles. The fraction of sp³-hybridized carbons (Fsp3) is 0.412. The Bertz CT molecular complexity index is 637. The number of carbonyl (C=O) groups is 1. The Kier molecular flexibility index (Phi) is 4.53. The van der Waals surface area contributed by atoms with Gasteiger partial charge in [-0.2, -0.15) is 5.10 Å². The van der Waals surface area contributed by atoms with E-state index in [1.807, 2.05) is 0 Å². The van der Waals surface area contributed by atoms with Gasteiger partial charge in [0.2, 0.25) is 0 Å². The summed E-state index contributed by atoms with van der Waals surface area (Å²) in [5.74, 6) is -0.847. The van der Waals surface area contributed by atoms with Crippen molar-refractivity contribution in [3.8, 4) is 0 Å². The van der Waals surface area contributed by atoms with Gasteiger partial charge in [0.05, 0.1) is 6.54 Å². The molecule has 0 spiro atoms. The van der Waals surface area contributed by atoms with E-state index < -0.39 is 12.0 Å². The molecule has 5 nitrogen and oxygen atoms in total. The van der Waals surface area contributed by atoms with Gasteiger partial charge in [-0.15, -0.1) is 0 Å². The molecule has 1 heterocycles. The maximum absolute atomic E-state index is 11.4. The quantitative estimate of drug-likeness (QED) is 0.856. The van der Waals surface area contributed by atoms with Crippen LogP contribution in [0, 0.1) is 0 Å². The van der Waals surface area contributed by atoms with Crippen LogP contribution in [0.3, 0.4) is 0 Å². The van der Waals surface area contributed by atoms with Crippen molar-refractivity contribution in [1.29, 1.82) is 0 Å². The van der Waals surface area contributed by atoms with E-state index in [0.29, 0.717) is 13.1 Å². The summed E-state index contributed by atoms with van der Waals surface area (Å²) < 4.78 is 1.65. The summed E-state index contributed by atoms with van der Waals surface area (Å²) >= 11 is 0. The summed E-state index contributed by atoms with van der Waals surface area (Å²) in [6.07, 6.45) is 8.15. The molecule has 0 amide bonds. The first kappa shape index (κ1) is 14.8. The lowest BCUT2D eigenvalue weighted by Gasteiger charge is -2.21. The molecular formula is C17H21N3O2. The average Bonchev–Trinajstić information content (AvgIpc) is 3.04. The highest BCUT2D eigenvalue weighted by Gasteiger charge is 2.19. The molecule has 0 saturated heterocycles. The lowest BCUT2D eigenvalue weighted by atomic mass is 9.88. The van der Waals surface area contributed by atoms with Crippen molar-refractivity contribution >= 4 is 5.97 Å². The fourth-order valence-electron chi connectivity index (χ4n) is 3.08. The van der Waals surface area contributed by atoms with Crippen molar-refractivity contribution in [1.82, 2.24) is 15.1 Å². The Morgan fingerprint density at radius 2 is 2.18 bits per heavy atom. The predicted molar refractivity (Wildman–Crippen MR) is 83.6 cm³/mol. The number of aryl methyl sites for hydroxylation is 1. The van der Waals surface area contributed by atoms with E-state index in [0.717, 1.165) is 12.8 Å². The molecule has 2 aromatic rings. The second kappa shape index (κ2) is 6.75. The lowest BCUT2D eigenvalue weighted by Crippen LogP contribution is -2.40. The van der Waals surface area contributed by atoms with Crippen molar-refractivity contribution in [2.75, 3.05) is 0 Å². The smallest absolute Gasteiger partial charge is 0.322 e. The fourth-order valence-corrected chi connectivity index (χ4v) is 3.08. The Balaban J connectivity index is 1.68. The van der Waals surface area contributed by atoms with Gasteiger partial charge in [-0.05, 0) is 48.4 Å². The number of carboxylic acid groups (broad SMARTS) is 1. The largest absolute Gasteiger partial charge is 0.480 e. The number of nitrogens with one attached hydrogen (secondary N) is 1. The standard InChI is InChI=1S/C17H21N3O2/c21-17(22)16(12-20-10-4-9-19-20)18-11-14-7-3-6-13-5-1-2-8-15(13)14/h3-4,6-7,9-10,16,18H,1-2,5,8,11-12H2,(H,21,22). The molecule has 116 valence electrons. The van der Waals surface area contributed by atoms with Crippen LogP contribution in [0.2, 0.25) is 0 Å². The van der Waals surface area contributed by atoms with E-state index in [9.17, 15) is 9.90 Å². The lowest BCUT2D eigenvalue weighted by molar-refractivity contribution is -0.140. The third kappa shape index (κ3) is 3.36. The highest BCUT2D eigenvalue weighted by molar-refractivity contribution is 5.73. The molecular weight excluding hydrogens is 278 g/mol. The molecule has 22 heavy (non-hydrogen) atoms. The van der Waals surface area contributed by atoms with Gasteiger partial charge in [-0.1, -0.05) is 18.2 Å². The molecule has 0 aliphatic heterocycles. The Morgan fingerprint density at radius 1 is 1.32 bits per heavy atom. The van der Waals surface area contributed by atoms with Crippen LogP contribution in [0.4, 0.5) is 0 Å². The minimum absolute atomic E-state index is 0.331. The molecule has 3 rings (SSSR count). The number of nitrogens with zero attached hydrogens (tertiary/aromatic N) is 2. The minimum atomic E-state index is -0.847. The topological polar surface area (TPSA) is 67.1 Å². The van der Waals surface area contributed by atoms with Gasteiger partial charge < -0.3 is 5.11 Å². The molecule has 0 radical (unpaired) electrons. The number of aliphatic carboxylic acids is 1. The molecule has 1 aliphatic carbocycles. The third-order valence-corrected chi connectivity index (χ3v) is 4.26. The van der Waals surface area contributed by atoms with Crippen LogP contribution >= 0.6 is 0 Å². The summed E-state index contributed by atoms with van der Waals surface area (Å²) in [4.78, 5) is 11.4. The second-order valence-corrected chi connectivity index (χ2v) is 5.76. The maximum Gasteiger partial charge on any atom is 0.322 e. The van der Waals surface area contributed by atoms with Crippen LogP contribution in [0.1, 0.15) is 29.5 Å². The van der Waals surface area contributed by atoms with E-state index in [4.69, 9.17) is 0 Å². The average molecular weight is 299 g/mol. The number of carboxylic acids is 1. The number of hydrogen-bond donors (Lipinski definition) is 2. The zero-order chi connectivity index (χ0) is 15.4. The van der Waals surface area contributed by atoms with E-state index in [1.54, 1.807) is 23.1 Å². The second-order valence-electron chi connectivity index (χ2n) is 5.76. The van der Waals surface area contributed by atoms with Gasteiger partial charge in [-0.25, -0.2) is 0 Å². The van der Waals surface area contributed by atoms with Crippen molar-refractivity contribution in [2.24, 2.45) is 0 Å². The van der Waals surface area contributed by atoms with Crippen molar-refractivity contribution in [3.63, 3.8) is 0 Å². The summed E-state index contributed by atoms with van der Waals surface area (Å²) in [5.41, 5.74) is 4.05. The maximum atomic E-state index is 11.4. The van der Waals surface area contributed by atoms with Crippen LogP contribution < -0.4 is 5.32 Å². The number of fused-ring (bicyclic) bond motifs is 1. The molecule has 1 unspecified atom stereocenters. The summed E-state index contributed by atoms with van der Waals surface area (Å²) in [7, 11) is 0. The number of aromatic nitrogens is 2. The zero-order valence-electron chi connectivity index (χ0n) is 12.5. The first-order valence-electron chi connectivity index (χ1n) is 7.77. The van der Waals surface area contributed by atoms with Gasteiger partial charge >= 0.3 is 5.97 Å². The SMILES string of the molecule is O=C(O)C(Cn1cccn1)NCc1cccc2c1CCCC2. The third-order valence-electron chi connectivity index (χ3n) is 4.26. The van der Waals surface area contributed by atoms with Crippen LogP contribution in [0.15, 0.2) is 36.7 Å². The molecule has 0 bridgehead atoms. The van der Waals surface area contributed by atoms with E-state index >= 15 is 0 Å². The van der Waals surface area contributed by atoms with Gasteiger partial charge in [0.15, 0.2) is 0 Å². The summed E-state index contributed by atoms with van der Waals surface area (Å²) in [6, 6.07) is 7.52. The zero-order valence-corrected chi connectivity index (χ0v) is 12.5. The monoisotopic (exact) mass is 299 g/mol. The van der Waals surface area contributed by atoms with Gasteiger partial charge in [0, 0.05) is 18.9 Å². The van der Waals surface area contributed by atoms with E-state index in [-0.39, 0.29) is 0 Å². The summed E-state index contributed by atoms with van der Waals surface area (Å²) in [5, 5.41) is 16.6. The summed E-state index contributed by atoms with van der Waals surface area (Å²) in [6.45, 7) is 0.915.